The van der Waals surface area contributed by atoms with Crippen LogP contribution in [0, 0.1) is 0 Å². The second-order valence-corrected chi connectivity index (χ2v) is 5.89. The fourth-order valence-corrected chi connectivity index (χ4v) is 3.54. The Bertz CT molecular complexity index is 811. The van der Waals surface area contributed by atoms with Gasteiger partial charge in [0.05, 0.1) is 12.0 Å². The van der Waals surface area contributed by atoms with E-state index in [9.17, 15) is 9.59 Å². The number of carbonyl (C=O) groups excluding carboxylic acids is 2. The predicted molar refractivity (Wildman–Crippen MR) is 81.2 cm³/mol. The molecule has 1 aliphatic carbocycles. The third kappa shape index (κ3) is 1.98. The Hall–Kier alpha value is -2.63. The number of amides is 1. The molecule has 23 heavy (non-hydrogen) atoms. The van der Waals surface area contributed by atoms with Gasteiger partial charge in [-0.2, -0.15) is 0 Å². The summed E-state index contributed by atoms with van der Waals surface area (Å²) in [5.74, 6) is 1.11. The molecule has 4 rings (SSSR count). The molecule has 3 heterocycles. The van der Waals surface area contributed by atoms with Crippen LogP contribution in [-0.4, -0.2) is 23.5 Å². The van der Waals surface area contributed by atoms with Gasteiger partial charge >= 0.3 is 5.97 Å². The Morgan fingerprint density at radius 3 is 3.22 bits per heavy atom. The highest BCUT2D eigenvalue weighted by Crippen LogP contribution is 2.46. The van der Waals surface area contributed by atoms with E-state index in [0.29, 0.717) is 31.7 Å². The maximum atomic E-state index is 12.6. The van der Waals surface area contributed by atoms with E-state index < -0.39 is 11.4 Å². The normalized spacial score (nSPS) is 21.7. The average molecular weight is 312 g/mol. The molecule has 1 aliphatic heterocycles. The minimum Gasteiger partial charge on any atom is -0.460 e. The van der Waals surface area contributed by atoms with Crippen molar-refractivity contribution in [3.05, 3.63) is 47.0 Å². The van der Waals surface area contributed by atoms with E-state index in [1.807, 2.05) is 12.1 Å². The summed E-state index contributed by atoms with van der Waals surface area (Å²) in [5.41, 5.74) is 1.20. The number of aryl methyl sites for hydroxylation is 1. The van der Waals surface area contributed by atoms with Gasteiger partial charge in [-0.1, -0.05) is 6.07 Å². The summed E-state index contributed by atoms with van der Waals surface area (Å²) >= 11 is 0. The summed E-state index contributed by atoms with van der Waals surface area (Å²) in [6.45, 7) is 2.05. The predicted octanol–water partition coefficient (Wildman–Crippen LogP) is 2.23. The van der Waals surface area contributed by atoms with Crippen LogP contribution in [0.25, 0.3) is 0 Å². The molecule has 1 N–H and O–H groups in total. The Morgan fingerprint density at radius 1 is 1.52 bits per heavy atom. The number of ether oxygens (including phenoxy) is 1. The van der Waals surface area contributed by atoms with Crippen LogP contribution in [-0.2, 0) is 27.8 Å². The third-order valence-corrected chi connectivity index (χ3v) is 4.63. The zero-order valence-electron chi connectivity index (χ0n) is 12.7. The molecule has 0 fully saturated rings. The van der Waals surface area contributed by atoms with Crippen LogP contribution in [0.15, 0.2) is 28.8 Å². The molecule has 0 radical (unpaired) electrons. The molecule has 0 aromatic carbocycles. The highest BCUT2D eigenvalue weighted by Gasteiger charge is 2.50. The Morgan fingerprint density at radius 2 is 2.39 bits per heavy atom. The summed E-state index contributed by atoms with van der Waals surface area (Å²) in [7, 11) is 0. The third-order valence-electron chi connectivity index (χ3n) is 4.63. The van der Waals surface area contributed by atoms with Crippen molar-refractivity contribution >= 4 is 17.7 Å². The highest BCUT2D eigenvalue weighted by atomic mass is 16.5. The fraction of sp³-hybridized carbons (Fsp3) is 0.353. The quantitative estimate of drug-likeness (QED) is 0.860. The number of pyridine rings is 1. The molecule has 1 unspecified atom stereocenters. The van der Waals surface area contributed by atoms with Gasteiger partial charge in [0, 0.05) is 18.2 Å². The number of fused-ring (bicyclic) bond motifs is 3. The van der Waals surface area contributed by atoms with Gasteiger partial charge in [-0.3, -0.25) is 4.79 Å². The molecule has 118 valence electrons. The number of esters is 1. The standard InChI is InChI=1S/C17H16N2O4/c1-2-22-15(20)13-8-10-9-17(6-5-12(10)23-13)11-4-3-7-18-14(11)19-16(17)21/h3-4,7-8H,2,5-6,9H2,1H3,(H,18,19,21). The van der Waals surface area contributed by atoms with E-state index in [1.165, 1.54) is 0 Å². The number of anilines is 1. The first-order chi connectivity index (χ1) is 11.1. The SMILES string of the molecule is CCOC(=O)c1cc2c(o1)CCC1(C2)C(=O)Nc2ncccc21. The smallest absolute Gasteiger partial charge is 0.374 e. The molecular formula is C17H16N2O4. The maximum absolute atomic E-state index is 12.6. The van der Waals surface area contributed by atoms with E-state index in [-0.39, 0.29) is 11.7 Å². The minimum absolute atomic E-state index is 0.0317. The van der Waals surface area contributed by atoms with Crippen molar-refractivity contribution in [3.63, 3.8) is 0 Å². The largest absolute Gasteiger partial charge is 0.460 e. The van der Waals surface area contributed by atoms with E-state index in [0.717, 1.165) is 16.9 Å². The Kier molecular flexibility index (Phi) is 3.01. The summed E-state index contributed by atoms with van der Waals surface area (Å²) in [5, 5.41) is 2.87. The zero-order chi connectivity index (χ0) is 16.0. The number of hydrogen-bond acceptors (Lipinski definition) is 5. The molecule has 1 atom stereocenters. The second kappa shape index (κ2) is 4.94. The molecule has 1 spiro atoms. The molecule has 2 aromatic heterocycles. The monoisotopic (exact) mass is 312 g/mol. The van der Waals surface area contributed by atoms with Gasteiger partial charge in [-0.25, -0.2) is 9.78 Å². The van der Waals surface area contributed by atoms with Gasteiger partial charge < -0.3 is 14.5 Å². The van der Waals surface area contributed by atoms with Crippen molar-refractivity contribution < 1.29 is 18.7 Å². The van der Waals surface area contributed by atoms with E-state index >= 15 is 0 Å². The van der Waals surface area contributed by atoms with Gasteiger partial charge in [-0.05, 0) is 37.5 Å². The molecule has 2 aromatic rings. The van der Waals surface area contributed by atoms with E-state index in [4.69, 9.17) is 9.15 Å². The first-order valence-corrected chi connectivity index (χ1v) is 7.70. The van der Waals surface area contributed by atoms with E-state index in [2.05, 4.69) is 10.3 Å². The molecule has 6 heteroatoms. The summed E-state index contributed by atoms with van der Waals surface area (Å²) < 4.78 is 10.6. The summed E-state index contributed by atoms with van der Waals surface area (Å²) in [4.78, 5) is 28.7. The van der Waals surface area contributed by atoms with E-state index in [1.54, 1.807) is 19.2 Å². The van der Waals surface area contributed by atoms with Crippen molar-refractivity contribution in [3.8, 4) is 0 Å². The Balaban J connectivity index is 1.72. The molecular weight excluding hydrogens is 296 g/mol. The fourth-order valence-electron chi connectivity index (χ4n) is 3.54. The van der Waals surface area contributed by atoms with Crippen molar-refractivity contribution in [1.82, 2.24) is 4.98 Å². The lowest BCUT2D eigenvalue weighted by molar-refractivity contribution is -0.121. The molecule has 2 aliphatic rings. The first-order valence-electron chi connectivity index (χ1n) is 7.70. The second-order valence-electron chi connectivity index (χ2n) is 5.89. The van der Waals surface area contributed by atoms with Gasteiger partial charge in [-0.15, -0.1) is 0 Å². The number of nitrogens with zero attached hydrogens (tertiary/aromatic N) is 1. The van der Waals surface area contributed by atoms with Gasteiger partial charge in [0.2, 0.25) is 11.7 Å². The Labute approximate surface area is 132 Å². The van der Waals surface area contributed by atoms with Gasteiger partial charge in [0.25, 0.3) is 0 Å². The molecule has 0 saturated carbocycles. The van der Waals surface area contributed by atoms with Crippen LogP contribution < -0.4 is 5.32 Å². The number of carbonyl (C=O) groups is 2. The lowest BCUT2D eigenvalue weighted by atomic mass is 9.70. The van der Waals surface area contributed by atoms with Gasteiger partial charge in [0.1, 0.15) is 11.6 Å². The van der Waals surface area contributed by atoms with Crippen LogP contribution >= 0.6 is 0 Å². The van der Waals surface area contributed by atoms with Crippen LogP contribution in [0.4, 0.5) is 5.82 Å². The van der Waals surface area contributed by atoms with Crippen LogP contribution in [0.3, 0.4) is 0 Å². The maximum Gasteiger partial charge on any atom is 0.374 e. The number of hydrogen-bond donors (Lipinski definition) is 1. The number of rotatable bonds is 2. The topological polar surface area (TPSA) is 81.4 Å². The lowest BCUT2D eigenvalue weighted by Gasteiger charge is -2.30. The van der Waals surface area contributed by atoms with Crippen molar-refractivity contribution in [1.29, 1.82) is 0 Å². The van der Waals surface area contributed by atoms with Crippen LogP contribution in [0.1, 0.15) is 40.8 Å². The summed E-state index contributed by atoms with van der Waals surface area (Å²) in [6, 6.07) is 5.49. The minimum atomic E-state index is -0.619. The highest BCUT2D eigenvalue weighted by molar-refractivity contribution is 6.05. The van der Waals surface area contributed by atoms with Crippen LogP contribution in [0.2, 0.25) is 0 Å². The van der Waals surface area contributed by atoms with Crippen molar-refractivity contribution in [2.45, 2.75) is 31.6 Å². The van der Waals surface area contributed by atoms with Crippen molar-refractivity contribution in [2.75, 3.05) is 11.9 Å². The molecule has 1 amide bonds. The molecule has 0 bridgehead atoms. The van der Waals surface area contributed by atoms with Crippen molar-refractivity contribution in [2.24, 2.45) is 0 Å². The number of aromatic nitrogens is 1. The molecule has 6 nitrogen and oxygen atoms in total. The van der Waals surface area contributed by atoms with Gasteiger partial charge in [0.15, 0.2) is 0 Å². The summed E-state index contributed by atoms with van der Waals surface area (Å²) in [6.07, 6.45) is 3.43. The lowest BCUT2D eigenvalue weighted by Crippen LogP contribution is -2.39. The number of furan rings is 1. The van der Waals surface area contributed by atoms with Crippen LogP contribution in [0.5, 0.6) is 0 Å². The first kappa shape index (κ1) is 14.0. The molecule has 0 saturated heterocycles. The zero-order valence-corrected chi connectivity index (χ0v) is 12.7. The average Bonchev–Trinajstić information content (AvgIpc) is 3.08. The number of nitrogens with one attached hydrogen (secondary N) is 1.